The van der Waals surface area contributed by atoms with Crippen molar-refractivity contribution >= 4 is 32.3 Å². The van der Waals surface area contributed by atoms with E-state index >= 15 is 0 Å². The molecule has 1 aromatic carbocycles. The molecule has 2 aromatic heterocycles. The molecule has 0 unspecified atom stereocenters. The first-order valence-corrected chi connectivity index (χ1v) is 12.8. The van der Waals surface area contributed by atoms with Gasteiger partial charge in [-0.15, -0.1) is 11.3 Å². The van der Waals surface area contributed by atoms with E-state index in [1.165, 1.54) is 26.3 Å². The summed E-state index contributed by atoms with van der Waals surface area (Å²) in [5, 5.41) is 4.65. The Morgan fingerprint density at radius 1 is 1.17 bits per heavy atom. The van der Waals surface area contributed by atoms with Crippen LogP contribution in [0.15, 0.2) is 36.5 Å². The van der Waals surface area contributed by atoms with Gasteiger partial charge in [0.1, 0.15) is 0 Å². The van der Waals surface area contributed by atoms with Crippen LogP contribution in [0, 0.1) is 0 Å². The fourth-order valence-electron chi connectivity index (χ4n) is 4.14. The van der Waals surface area contributed by atoms with Gasteiger partial charge in [0.2, 0.25) is 10.0 Å². The topological polar surface area (TPSA) is 65.2 Å². The molecule has 7 heteroatoms. The maximum Gasteiger partial charge on any atom is 0.213 e. The Morgan fingerprint density at radius 2 is 1.97 bits per heavy atom. The van der Waals surface area contributed by atoms with E-state index in [-0.39, 0.29) is 5.75 Å². The molecular formula is C22H29N3O2S2. The lowest BCUT2D eigenvalue weighted by Crippen LogP contribution is -2.38. The van der Waals surface area contributed by atoms with Crippen molar-refractivity contribution < 1.29 is 8.42 Å². The van der Waals surface area contributed by atoms with Crippen molar-refractivity contribution in [3.8, 4) is 10.4 Å². The fraction of sp³-hybridized carbons (Fsp3) is 0.455. The van der Waals surface area contributed by atoms with Crippen LogP contribution < -0.4 is 5.32 Å². The maximum atomic E-state index is 12.1. The minimum Gasteiger partial charge on any atom is -0.361 e. The van der Waals surface area contributed by atoms with Crippen LogP contribution in [-0.4, -0.2) is 43.1 Å². The molecule has 3 aromatic rings. The summed E-state index contributed by atoms with van der Waals surface area (Å²) in [7, 11) is -3.08. The zero-order valence-corrected chi connectivity index (χ0v) is 18.7. The highest BCUT2D eigenvalue weighted by molar-refractivity contribution is 7.89. The third-order valence-electron chi connectivity index (χ3n) is 5.86. The predicted octanol–water partition coefficient (Wildman–Crippen LogP) is 4.54. The Kier molecular flexibility index (Phi) is 6.11. The molecule has 0 spiro atoms. The van der Waals surface area contributed by atoms with Crippen LogP contribution >= 0.6 is 11.3 Å². The number of hydrogen-bond donors (Lipinski definition) is 2. The van der Waals surface area contributed by atoms with Crippen LogP contribution in [0.5, 0.6) is 0 Å². The molecule has 0 amide bonds. The molecule has 0 atom stereocenters. The minimum atomic E-state index is -3.08. The van der Waals surface area contributed by atoms with Crippen molar-refractivity contribution in [1.29, 1.82) is 0 Å². The van der Waals surface area contributed by atoms with E-state index in [0.29, 0.717) is 19.0 Å². The van der Waals surface area contributed by atoms with E-state index in [0.717, 1.165) is 31.4 Å². The molecule has 0 bridgehead atoms. The molecule has 1 fully saturated rings. The first kappa shape index (κ1) is 20.6. The highest BCUT2D eigenvalue weighted by Crippen LogP contribution is 2.37. The number of nitrogens with one attached hydrogen (secondary N) is 2. The number of piperidine rings is 1. The van der Waals surface area contributed by atoms with Crippen molar-refractivity contribution in [3.63, 3.8) is 0 Å². The molecule has 0 saturated carbocycles. The maximum absolute atomic E-state index is 12.1. The van der Waals surface area contributed by atoms with Crippen LogP contribution in [0.3, 0.4) is 0 Å². The summed E-state index contributed by atoms with van der Waals surface area (Å²) in [6.07, 6.45) is 3.87. The second-order valence-corrected chi connectivity index (χ2v) is 11.1. The Morgan fingerprint density at radius 3 is 2.69 bits per heavy atom. The highest BCUT2D eigenvalue weighted by atomic mass is 32.2. The van der Waals surface area contributed by atoms with Gasteiger partial charge in [0.05, 0.1) is 5.75 Å². The molecule has 4 rings (SSSR count). The summed E-state index contributed by atoms with van der Waals surface area (Å²) in [5.41, 5.74) is 3.72. The second-order valence-electron chi connectivity index (χ2n) is 7.62. The summed E-state index contributed by atoms with van der Waals surface area (Å²) in [6, 6.07) is 11.0. The number of benzene rings is 1. The number of H-pyrrole nitrogens is 1. The third kappa shape index (κ3) is 4.28. The number of nitrogens with zero attached hydrogens (tertiary/aromatic N) is 1. The zero-order valence-electron chi connectivity index (χ0n) is 17.1. The largest absolute Gasteiger partial charge is 0.361 e. The van der Waals surface area contributed by atoms with Crippen LogP contribution in [-0.2, 0) is 16.6 Å². The number of aromatic nitrogens is 1. The molecular weight excluding hydrogens is 402 g/mol. The Bertz CT molecular complexity index is 1080. The summed E-state index contributed by atoms with van der Waals surface area (Å²) < 4.78 is 25.9. The van der Waals surface area contributed by atoms with Crippen LogP contribution in [0.2, 0.25) is 0 Å². The Balaban J connectivity index is 1.56. The third-order valence-corrected chi connectivity index (χ3v) is 8.88. The summed E-state index contributed by atoms with van der Waals surface area (Å²) in [5.74, 6) is 0.583. The normalized spacial score (nSPS) is 16.6. The highest BCUT2D eigenvalue weighted by Gasteiger charge is 2.28. The Hall–Kier alpha value is -1.67. The van der Waals surface area contributed by atoms with Crippen molar-refractivity contribution in [2.45, 2.75) is 39.2 Å². The molecule has 0 radical (unpaired) electrons. The van der Waals surface area contributed by atoms with E-state index < -0.39 is 10.0 Å². The van der Waals surface area contributed by atoms with E-state index in [4.69, 9.17) is 0 Å². The lowest BCUT2D eigenvalue weighted by Gasteiger charge is -2.30. The number of fused-ring (bicyclic) bond motifs is 1. The van der Waals surface area contributed by atoms with Gasteiger partial charge in [0.15, 0.2) is 0 Å². The molecule has 1 aliphatic heterocycles. The Labute approximate surface area is 177 Å². The van der Waals surface area contributed by atoms with Gasteiger partial charge in [-0.1, -0.05) is 13.0 Å². The van der Waals surface area contributed by atoms with Gasteiger partial charge in [0.25, 0.3) is 0 Å². The van der Waals surface area contributed by atoms with E-state index in [1.807, 2.05) is 11.3 Å². The van der Waals surface area contributed by atoms with Crippen LogP contribution in [0.25, 0.3) is 21.3 Å². The summed E-state index contributed by atoms with van der Waals surface area (Å²) in [4.78, 5) is 6.05. The second kappa shape index (κ2) is 8.60. The number of rotatable bonds is 7. The number of aromatic amines is 1. The quantitative estimate of drug-likeness (QED) is 0.577. The molecule has 5 nitrogen and oxygen atoms in total. The van der Waals surface area contributed by atoms with Crippen molar-refractivity contribution in [2.24, 2.45) is 0 Å². The lowest BCUT2D eigenvalue weighted by molar-refractivity contribution is 0.321. The SMILES string of the molecule is CCNCc1ccc(-c2ccc3[nH]cc(C4CCN(S(=O)(=O)CC)CC4)c3c2)s1. The summed E-state index contributed by atoms with van der Waals surface area (Å²) >= 11 is 1.84. The smallest absolute Gasteiger partial charge is 0.213 e. The first-order chi connectivity index (χ1) is 14.0. The van der Waals surface area contributed by atoms with Gasteiger partial charge in [0, 0.05) is 46.5 Å². The first-order valence-electron chi connectivity index (χ1n) is 10.4. The van der Waals surface area contributed by atoms with Gasteiger partial charge in [-0.2, -0.15) is 0 Å². The van der Waals surface area contributed by atoms with Gasteiger partial charge < -0.3 is 10.3 Å². The fourth-order valence-corrected chi connectivity index (χ4v) is 6.24. The molecule has 1 saturated heterocycles. The average molecular weight is 432 g/mol. The van der Waals surface area contributed by atoms with Gasteiger partial charge in [-0.05, 0) is 67.6 Å². The molecule has 29 heavy (non-hydrogen) atoms. The van der Waals surface area contributed by atoms with E-state index in [9.17, 15) is 8.42 Å². The van der Waals surface area contributed by atoms with Crippen molar-refractivity contribution in [3.05, 3.63) is 47.0 Å². The standard InChI is InChI=1S/C22H29N3O2S2/c1-3-23-14-18-6-8-22(28-18)17-5-7-21-19(13-17)20(15-24-21)16-9-11-25(12-10-16)29(26,27)4-2/h5-8,13,15-16,23-24H,3-4,9-12,14H2,1-2H3. The van der Waals surface area contributed by atoms with E-state index in [2.05, 4.69) is 53.8 Å². The minimum absolute atomic E-state index is 0.185. The monoisotopic (exact) mass is 431 g/mol. The van der Waals surface area contributed by atoms with E-state index in [1.54, 1.807) is 11.2 Å². The zero-order chi connectivity index (χ0) is 20.4. The van der Waals surface area contributed by atoms with Crippen LogP contribution in [0.4, 0.5) is 0 Å². The average Bonchev–Trinajstić information content (AvgIpc) is 3.39. The van der Waals surface area contributed by atoms with Crippen LogP contribution in [0.1, 0.15) is 43.0 Å². The lowest BCUT2D eigenvalue weighted by atomic mass is 9.89. The summed E-state index contributed by atoms with van der Waals surface area (Å²) in [6.45, 7) is 6.97. The van der Waals surface area contributed by atoms with Crippen molar-refractivity contribution in [2.75, 3.05) is 25.4 Å². The number of thiophene rings is 1. The number of sulfonamides is 1. The number of hydrogen-bond acceptors (Lipinski definition) is 4. The molecule has 1 aliphatic rings. The predicted molar refractivity (Wildman–Crippen MR) is 122 cm³/mol. The molecule has 2 N–H and O–H groups in total. The molecule has 156 valence electrons. The van der Waals surface area contributed by atoms with Gasteiger partial charge >= 0.3 is 0 Å². The van der Waals surface area contributed by atoms with Gasteiger partial charge in [-0.3, -0.25) is 0 Å². The van der Waals surface area contributed by atoms with Crippen molar-refractivity contribution in [1.82, 2.24) is 14.6 Å². The molecule has 3 heterocycles. The van der Waals surface area contributed by atoms with Gasteiger partial charge in [-0.25, -0.2) is 12.7 Å². The molecule has 0 aliphatic carbocycles.